The fraction of sp³-hybridized carbons (Fsp3) is 0.600. The summed E-state index contributed by atoms with van der Waals surface area (Å²) in [6.45, 7) is 8.72. The van der Waals surface area contributed by atoms with E-state index in [4.69, 9.17) is 32.6 Å². The van der Waals surface area contributed by atoms with Gasteiger partial charge >= 0.3 is 11.2 Å². The molecular weight excluding hydrogens is 407 g/mol. The van der Waals surface area contributed by atoms with Gasteiger partial charge in [0.1, 0.15) is 5.75 Å². The van der Waals surface area contributed by atoms with E-state index in [2.05, 4.69) is 10.3 Å². The van der Waals surface area contributed by atoms with Crippen molar-refractivity contribution in [3.63, 3.8) is 0 Å². The van der Waals surface area contributed by atoms with Crippen LogP contribution >= 0.6 is 0 Å². The maximum absolute atomic E-state index is 10.7. The van der Waals surface area contributed by atoms with E-state index in [1.807, 2.05) is 13.8 Å². The quantitative estimate of drug-likeness (QED) is 0.440. The van der Waals surface area contributed by atoms with Crippen molar-refractivity contribution in [3.8, 4) is 11.5 Å². The van der Waals surface area contributed by atoms with Crippen molar-refractivity contribution in [1.29, 1.82) is 5.39 Å². The molecule has 1 aromatic carbocycles. The van der Waals surface area contributed by atoms with Gasteiger partial charge in [0.15, 0.2) is 15.1 Å². The number of alkyl halides is 3. The zero-order valence-corrected chi connectivity index (χ0v) is 16.2. The number of rotatable bonds is 4. The second kappa shape index (κ2) is 13.1. The smallest absolute Gasteiger partial charge is 0.485 e. The first-order valence-corrected chi connectivity index (χ1v) is 9.53. The molecule has 2 rings (SSSR count). The van der Waals surface area contributed by atoms with Crippen molar-refractivity contribution in [1.82, 2.24) is 5.32 Å². The number of diazo groups is 1. The largest absolute Gasteiger partial charge is 0.741 e. The van der Waals surface area contributed by atoms with E-state index < -0.39 is 15.6 Å². The average molecular weight is 429 g/mol. The van der Waals surface area contributed by atoms with Crippen LogP contribution in [0.25, 0.3) is 4.98 Å². The van der Waals surface area contributed by atoms with Gasteiger partial charge < -0.3 is 24.1 Å². The highest BCUT2D eigenvalue weighted by atomic mass is 32.2. The van der Waals surface area contributed by atoms with Gasteiger partial charge in [-0.05, 0) is 26.0 Å². The van der Waals surface area contributed by atoms with E-state index in [1.54, 1.807) is 18.2 Å². The molecule has 1 aromatic rings. The molecular formula is C15H22F3N3O6S. The summed E-state index contributed by atoms with van der Waals surface area (Å²) in [5.41, 5.74) is -5.26. The minimum absolute atomic E-state index is 0.387. The van der Waals surface area contributed by atoms with Crippen LogP contribution in [0.1, 0.15) is 13.8 Å². The van der Waals surface area contributed by atoms with Crippen molar-refractivity contribution in [2.45, 2.75) is 19.4 Å². The molecule has 160 valence electrons. The molecule has 1 saturated heterocycles. The van der Waals surface area contributed by atoms with Gasteiger partial charge in [0.05, 0.1) is 32.5 Å². The number of hydrogen-bond acceptors (Lipinski definition) is 8. The van der Waals surface area contributed by atoms with Gasteiger partial charge in [0, 0.05) is 13.1 Å². The molecule has 0 radical (unpaired) electrons. The third-order valence-corrected chi connectivity index (χ3v) is 3.35. The van der Waals surface area contributed by atoms with E-state index >= 15 is 0 Å². The Morgan fingerprint density at radius 1 is 1.21 bits per heavy atom. The first kappa shape index (κ1) is 25.9. The SMILES string of the molecule is C1COCCN1.CCOc1ccc(OCC)c([N+]#N)c1.O=S(=O)([O-])C(F)(F)F. The Morgan fingerprint density at radius 3 is 2.07 bits per heavy atom. The Labute approximate surface area is 161 Å². The Bertz CT molecular complexity index is 707. The molecule has 0 amide bonds. The molecule has 0 spiro atoms. The Morgan fingerprint density at radius 2 is 1.75 bits per heavy atom. The minimum atomic E-state index is -6.09. The van der Waals surface area contributed by atoms with E-state index in [9.17, 15) is 13.2 Å². The van der Waals surface area contributed by atoms with Crippen molar-refractivity contribution in [2.24, 2.45) is 0 Å². The second-order valence-corrected chi connectivity index (χ2v) is 6.23. The minimum Gasteiger partial charge on any atom is -0.741 e. The van der Waals surface area contributed by atoms with Crippen LogP contribution in [-0.2, 0) is 14.9 Å². The number of morpholine rings is 1. The number of hydrogen-bond donors (Lipinski definition) is 1. The fourth-order valence-electron chi connectivity index (χ4n) is 1.63. The van der Waals surface area contributed by atoms with Crippen molar-refractivity contribution < 1.29 is 40.4 Å². The van der Waals surface area contributed by atoms with Crippen molar-refractivity contribution >= 4 is 15.8 Å². The predicted octanol–water partition coefficient (Wildman–Crippen LogP) is 2.63. The Kier molecular flexibility index (Phi) is 12.1. The molecule has 0 unspecified atom stereocenters. The molecule has 0 aliphatic carbocycles. The lowest BCUT2D eigenvalue weighted by atomic mass is 10.3. The van der Waals surface area contributed by atoms with Crippen LogP contribution in [0.2, 0.25) is 0 Å². The maximum atomic E-state index is 10.7. The van der Waals surface area contributed by atoms with Crippen molar-refractivity contribution in [3.05, 3.63) is 23.2 Å². The number of nitrogens with one attached hydrogen (secondary N) is 1. The number of halogens is 3. The highest BCUT2D eigenvalue weighted by molar-refractivity contribution is 7.86. The van der Waals surface area contributed by atoms with Crippen LogP contribution in [0.4, 0.5) is 18.9 Å². The molecule has 1 aliphatic rings. The zero-order valence-electron chi connectivity index (χ0n) is 15.4. The summed E-state index contributed by atoms with van der Waals surface area (Å²) in [5, 5.41) is 11.9. The van der Waals surface area contributed by atoms with Crippen LogP contribution in [0.3, 0.4) is 0 Å². The topological polar surface area (TPSA) is 125 Å². The summed E-state index contributed by atoms with van der Waals surface area (Å²) in [6, 6.07) is 5.14. The Hall–Kier alpha value is -2.14. The number of benzene rings is 1. The van der Waals surface area contributed by atoms with Gasteiger partial charge in [-0.1, -0.05) is 0 Å². The van der Waals surface area contributed by atoms with Crippen LogP contribution in [-0.4, -0.2) is 58.0 Å². The van der Waals surface area contributed by atoms with E-state index in [0.29, 0.717) is 30.4 Å². The summed E-state index contributed by atoms with van der Waals surface area (Å²) in [5.74, 6) is 1.22. The molecule has 1 N–H and O–H groups in total. The molecule has 0 bridgehead atoms. The molecule has 1 aliphatic heterocycles. The third-order valence-electron chi connectivity index (χ3n) is 2.78. The molecule has 1 heterocycles. The Balaban J connectivity index is 0.000000438. The molecule has 0 atom stereocenters. The number of nitrogens with zero attached hydrogens (tertiary/aromatic N) is 2. The van der Waals surface area contributed by atoms with Gasteiger partial charge in [-0.25, -0.2) is 8.42 Å². The molecule has 13 heteroatoms. The van der Waals surface area contributed by atoms with Gasteiger partial charge in [-0.2, -0.15) is 13.2 Å². The molecule has 28 heavy (non-hydrogen) atoms. The lowest BCUT2D eigenvalue weighted by molar-refractivity contribution is -0.0517. The third kappa shape index (κ3) is 10.9. The summed E-state index contributed by atoms with van der Waals surface area (Å²) >= 11 is 0. The monoisotopic (exact) mass is 429 g/mol. The van der Waals surface area contributed by atoms with E-state index in [1.165, 1.54) is 0 Å². The molecule has 0 saturated carbocycles. The lowest BCUT2D eigenvalue weighted by Gasteiger charge is -2.10. The van der Waals surface area contributed by atoms with Crippen LogP contribution in [0.15, 0.2) is 18.2 Å². The molecule has 1 fully saturated rings. The fourth-order valence-corrected chi connectivity index (χ4v) is 1.63. The highest BCUT2D eigenvalue weighted by Gasteiger charge is 2.36. The predicted molar refractivity (Wildman–Crippen MR) is 93.0 cm³/mol. The van der Waals surface area contributed by atoms with Crippen LogP contribution < -0.4 is 14.8 Å². The second-order valence-electron chi connectivity index (χ2n) is 4.86. The summed E-state index contributed by atoms with van der Waals surface area (Å²) in [6.07, 6.45) is 0. The summed E-state index contributed by atoms with van der Waals surface area (Å²) in [7, 11) is -6.09. The van der Waals surface area contributed by atoms with E-state index in [0.717, 1.165) is 26.3 Å². The number of ether oxygens (including phenoxy) is 3. The van der Waals surface area contributed by atoms with Crippen LogP contribution in [0, 0.1) is 5.39 Å². The van der Waals surface area contributed by atoms with Gasteiger partial charge in [0.2, 0.25) is 11.1 Å². The first-order chi connectivity index (χ1) is 13.1. The average Bonchev–Trinajstić information content (AvgIpc) is 2.64. The highest BCUT2D eigenvalue weighted by Crippen LogP contribution is 2.31. The maximum Gasteiger partial charge on any atom is 0.485 e. The summed E-state index contributed by atoms with van der Waals surface area (Å²) < 4.78 is 74.4. The summed E-state index contributed by atoms with van der Waals surface area (Å²) in [4.78, 5) is 3.13. The van der Waals surface area contributed by atoms with Gasteiger partial charge in [-0.3, -0.25) is 0 Å². The van der Waals surface area contributed by atoms with Gasteiger partial charge in [0.25, 0.3) is 0 Å². The first-order valence-electron chi connectivity index (χ1n) is 8.12. The van der Waals surface area contributed by atoms with Crippen molar-refractivity contribution in [2.75, 3.05) is 39.5 Å². The lowest BCUT2D eigenvalue weighted by Crippen LogP contribution is -2.30. The zero-order chi connectivity index (χ0) is 21.6. The van der Waals surface area contributed by atoms with Crippen LogP contribution in [0.5, 0.6) is 11.5 Å². The standard InChI is InChI=1S/C10H13N2O2.C4H9NO.CHF3O3S/c1-3-13-8-5-6-10(14-4-2)9(7-8)12-11;1-3-6-4-2-5-1;2-1(3,4)8(5,6)7/h5-7H,3-4H2,1-2H3;5H,1-4H2;(H,5,6,7)/q+1;;/p-1. The molecule has 0 aromatic heterocycles. The normalized spacial score (nSPS) is 13.8. The van der Waals surface area contributed by atoms with E-state index in [-0.39, 0.29) is 0 Å². The molecule has 9 nitrogen and oxygen atoms in total. The van der Waals surface area contributed by atoms with Gasteiger partial charge in [-0.15, -0.1) is 0 Å².